The lowest BCUT2D eigenvalue weighted by molar-refractivity contribution is 0.334. The molecule has 1 heterocycles. The van der Waals surface area contributed by atoms with Crippen LogP contribution in [0.5, 0.6) is 0 Å². The molecule has 1 aliphatic rings. The van der Waals surface area contributed by atoms with Crippen LogP contribution < -0.4 is 5.32 Å². The molecule has 0 bridgehead atoms. The first-order valence-electron chi connectivity index (χ1n) is 7.64. The summed E-state index contributed by atoms with van der Waals surface area (Å²) in [5.74, 6) is 0.725. The molecule has 0 amide bonds. The molecule has 0 radical (unpaired) electrons. The molecule has 0 saturated heterocycles. The van der Waals surface area contributed by atoms with E-state index in [1.165, 1.54) is 29.0 Å². The number of benzene rings is 1. The highest BCUT2D eigenvalue weighted by Gasteiger charge is 2.27. The van der Waals surface area contributed by atoms with Crippen LogP contribution in [0.4, 0.5) is 0 Å². The molecule has 1 nitrogen and oxygen atoms in total. The number of aryl methyl sites for hydroxylation is 2. The minimum absolute atomic E-state index is 0.520. The highest BCUT2D eigenvalue weighted by atomic mass is 32.1. The van der Waals surface area contributed by atoms with Crippen LogP contribution in [0.2, 0.25) is 0 Å². The molecule has 20 heavy (non-hydrogen) atoms. The molecule has 1 aromatic carbocycles. The zero-order chi connectivity index (χ0) is 13.9. The Bertz CT molecular complexity index is 572. The van der Waals surface area contributed by atoms with Crippen molar-refractivity contribution in [2.45, 2.75) is 39.2 Å². The Kier molecular flexibility index (Phi) is 4.23. The van der Waals surface area contributed by atoms with Crippen LogP contribution in [-0.4, -0.2) is 6.54 Å². The van der Waals surface area contributed by atoms with Crippen LogP contribution in [0, 0.1) is 12.8 Å². The maximum Gasteiger partial charge on any atom is 0.0446 e. The average Bonchev–Trinajstić information content (AvgIpc) is 2.90. The topological polar surface area (TPSA) is 12.0 Å². The minimum Gasteiger partial charge on any atom is -0.309 e. The van der Waals surface area contributed by atoms with Gasteiger partial charge >= 0.3 is 0 Å². The Hall–Kier alpha value is -1.12. The summed E-state index contributed by atoms with van der Waals surface area (Å²) in [6.45, 7) is 5.46. The molecular formula is C18H23NS. The molecule has 2 unspecified atom stereocenters. The maximum absolute atomic E-state index is 3.72. The molecule has 1 aromatic heterocycles. The second kappa shape index (κ2) is 6.11. The van der Waals surface area contributed by atoms with Gasteiger partial charge < -0.3 is 5.32 Å². The lowest BCUT2D eigenvalue weighted by Crippen LogP contribution is -2.31. The van der Waals surface area contributed by atoms with Gasteiger partial charge in [0.15, 0.2) is 0 Å². The molecule has 0 fully saturated rings. The SMILES string of the molecule is CCNC(c1ccc(C)s1)C1CCc2ccccc2C1. The molecule has 1 aliphatic carbocycles. The van der Waals surface area contributed by atoms with Crippen molar-refractivity contribution in [3.8, 4) is 0 Å². The summed E-state index contributed by atoms with van der Waals surface area (Å²) in [5.41, 5.74) is 3.11. The van der Waals surface area contributed by atoms with E-state index in [1.54, 1.807) is 11.1 Å². The second-order valence-corrected chi connectivity index (χ2v) is 7.07. The first kappa shape index (κ1) is 13.8. The molecule has 2 aromatic rings. The predicted octanol–water partition coefficient (Wildman–Crippen LogP) is 4.51. The van der Waals surface area contributed by atoms with E-state index in [0.29, 0.717) is 6.04 Å². The van der Waals surface area contributed by atoms with Crippen LogP contribution in [0.15, 0.2) is 36.4 Å². The Balaban J connectivity index is 1.83. The van der Waals surface area contributed by atoms with E-state index in [9.17, 15) is 0 Å². The van der Waals surface area contributed by atoms with Crippen LogP contribution in [0.3, 0.4) is 0 Å². The first-order valence-corrected chi connectivity index (χ1v) is 8.46. The number of thiophene rings is 1. The van der Waals surface area contributed by atoms with Gasteiger partial charge in [0.2, 0.25) is 0 Å². The lowest BCUT2D eigenvalue weighted by atomic mass is 9.79. The molecule has 106 valence electrons. The Morgan fingerprint density at radius 2 is 2.00 bits per heavy atom. The van der Waals surface area contributed by atoms with Gasteiger partial charge in [0, 0.05) is 15.8 Å². The summed E-state index contributed by atoms with van der Waals surface area (Å²) in [5, 5.41) is 3.72. The molecule has 2 heteroatoms. The molecule has 1 N–H and O–H groups in total. The van der Waals surface area contributed by atoms with Gasteiger partial charge in [0.1, 0.15) is 0 Å². The standard InChI is InChI=1S/C18H23NS/c1-3-19-18(17-11-8-13(2)20-17)16-10-9-14-6-4-5-7-15(14)12-16/h4-8,11,16,18-19H,3,9-10,12H2,1-2H3. The monoisotopic (exact) mass is 285 g/mol. The maximum atomic E-state index is 3.72. The molecule has 0 aliphatic heterocycles. The molecule has 0 saturated carbocycles. The Morgan fingerprint density at radius 1 is 1.20 bits per heavy atom. The van der Waals surface area contributed by atoms with Crippen LogP contribution in [0.1, 0.15) is 40.3 Å². The first-order chi connectivity index (χ1) is 9.78. The second-order valence-electron chi connectivity index (χ2n) is 5.76. The fourth-order valence-corrected chi connectivity index (χ4v) is 4.40. The summed E-state index contributed by atoms with van der Waals surface area (Å²) in [6, 6.07) is 14.0. The van der Waals surface area contributed by atoms with Crippen molar-refractivity contribution in [3.05, 3.63) is 57.3 Å². The number of nitrogens with one attached hydrogen (secondary N) is 1. The van der Waals surface area contributed by atoms with Gasteiger partial charge in [-0.15, -0.1) is 11.3 Å². The van der Waals surface area contributed by atoms with E-state index >= 15 is 0 Å². The smallest absolute Gasteiger partial charge is 0.0446 e. The van der Waals surface area contributed by atoms with E-state index in [-0.39, 0.29) is 0 Å². The third kappa shape index (κ3) is 2.82. The summed E-state index contributed by atoms with van der Waals surface area (Å²) < 4.78 is 0. The van der Waals surface area contributed by atoms with Crippen LogP contribution in [-0.2, 0) is 12.8 Å². The van der Waals surface area contributed by atoms with Crippen molar-refractivity contribution in [3.63, 3.8) is 0 Å². The lowest BCUT2D eigenvalue weighted by Gasteiger charge is -2.31. The summed E-state index contributed by atoms with van der Waals surface area (Å²) >= 11 is 1.95. The predicted molar refractivity (Wildman–Crippen MR) is 87.4 cm³/mol. The number of hydrogen-bond donors (Lipinski definition) is 1. The highest BCUT2D eigenvalue weighted by Crippen LogP contribution is 2.36. The largest absolute Gasteiger partial charge is 0.309 e. The van der Waals surface area contributed by atoms with E-state index in [1.807, 2.05) is 11.3 Å². The van der Waals surface area contributed by atoms with E-state index in [0.717, 1.165) is 12.5 Å². The molecular weight excluding hydrogens is 262 g/mol. The van der Waals surface area contributed by atoms with Crippen LogP contribution in [0.25, 0.3) is 0 Å². The quantitative estimate of drug-likeness (QED) is 0.871. The van der Waals surface area contributed by atoms with E-state index < -0.39 is 0 Å². The van der Waals surface area contributed by atoms with Crippen molar-refractivity contribution in [2.24, 2.45) is 5.92 Å². The summed E-state index contributed by atoms with van der Waals surface area (Å²) in [4.78, 5) is 2.92. The Morgan fingerprint density at radius 3 is 2.70 bits per heavy atom. The average molecular weight is 285 g/mol. The van der Waals surface area contributed by atoms with Crippen molar-refractivity contribution >= 4 is 11.3 Å². The van der Waals surface area contributed by atoms with Crippen molar-refractivity contribution in [2.75, 3.05) is 6.54 Å². The zero-order valence-corrected chi connectivity index (χ0v) is 13.2. The van der Waals surface area contributed by atoms with Crippen molar-refractivity contribution in [1.82, 2.24) is 5.32 Å². The van der Waals surface area contributed by atoms with Gasteiger partial charge in [0.05, 0.1) is 0 Å². The molecule has 0 spiro atoms. The Labute approximate surface area is 126 Å². The molecule has 2 atom stereocenters. The van der Waals surface area contributed by atoms with Crippen LogP contribution >= 0.6 is 11.3 Å². The number of rotatable bonds is 4. The zero-order valence-electron chi connectivity index (χ0n) is 12.4. The van der Waals surface area contributed by atoms with E-state index in [4.69, 9.17) is 0 Å². The highest BCUT2D eigenvalue weighted by molar-refractivity contribution is 7.12. The van der Waals surface area contributed by atoms with Gasteiger partial charge in [-0.1, -0.05) is 31.2 Å². The number of fused-ring (bicyclic) bond motifs is 1. The minimum atomic E-state index is 0.520. The third-order valence-electron chi connectivity index (χ3n) is 4.35. The number of hydrogen-bond acceptors (Lipinski definition) is 2. The van der Waals surface area contributed by atoms with Gasteiger partial charge in [-0.05, 0) is 61.9 Å². The van der Waals surface area contributed by atoms with Gasteiger partial charge in [-0.25, -0.2) is 0 Å². The molecule has 3 rings (SSSR count). The van der Waals surface area contributed by atoms with Gasteiger partial charge in [-0.3, -0.25) is 0 Å². The summed E-state index contributed by atoms with van der Waals surface area (Å²) in [6.07, 6.45) is 3.74. The third-order valence-corrected chi connectivity index (χ3v) is 5.43. The summed E-state index contributed by atoms with van der Waals surface area (Å²) in [7, 11) is 0. The van der Waals surface area contributed by atoms with E-state index in [2.05, 4.69) is 55.6 Å². The van der Waals surface area contributed by atoms with Gasteiger partial charge in [0.25, 0.3) is 0 Å². The fraction of sp³-hybridized carbons (Fsp3) is 0.444. The van der Waals surface area contributed by atoms with Gasteiger partial charge in [-0.2, -0.15) is 0 Å². The van der Waals surface area contributed by atoms with Crippen molar-refractivity contribution in [1.29, 1.82) is 0 Å². The fourth-order valence-electron chi connectivity index (χ4n) is 3.35. The normalized spacial score (nSPS) is 19.6. The van der Waals surface area contributed by atoms with Crippen molar-refractivity contribution < 1.29 is 0 Å².